The molecule has 0 saturated carbocycles. The van der Waals surface area contributed by atoms with Gasteiger partial charge in [0.1, 0.15) is 22.9 Å². The molecule has 2 rings (SSSR count). The van der Waals surface area contributed by atoms with E-state index in [1.807, 2.05) is 6.92 Å². The van der Waals surface area contributed by atoms with Gasteiger partial charge in [-0.15, -0.1) is 0 Å². The van der Waals surface area contributed by atoms with Gasteiger partial charge in [-0.05, 0) is 19.3 Å². The highest BCUT2D eigenvalue weighted by atomic mass is 19.1. The molecule has 1 aliphatic heterocycles. The van der Waals surface area contributed by atoms with Crippen molar-refractivity contribution in [2.45, 2.75) is 32.6 Å². The monoisotopic (exact) mass is 341 g/mol. The number of amides is 1. The summed E-state index contributed by atoms with van der Waals surface area (Å²) in [6.07, 6.45) is 2.00. The van der Waals surface area contributed by atoms with Crippen molar-refractivity contribution in [3.63, 3.8) is 0 Å². The number of hydrogen-bond donors (Lipinski definition) is 1. The zero-order valence-electron chi connectivity index (χ0n) is 13.8. The van der Waals surface area contributed by atoms with E-state index in [0.717, 1.165) is 12.1 Å². The molecule has 5 nitrogen and oxygen atoms in total. The lowest BCUT2D eigenvalue weighted by Crippen LogP contribution is -2.50. The Morgan fingerprint density at radius 2 is 1.96 bits per heavy atom. The van der Waals surface area contributed by atoms with Gasteiger partial charge in [-0.25, -0.2) is 8.78 Å². The van der Waals surface area contributed by atoms with Gasteiger partial charge >= 0.3 is 5.97 Å². The van der Waals surface area contributed by atoms with Crippen LogP contribution in [0.5, 0.6) is 5.75 Å². The number of carbonyl (C=O) groups excluding carboxylic acids is 1. The minimum absolute atomic E-state index is 0.0222. The van der Waals surface area contributed by atoms with Gasteiger partial charge in [-0.3, -0.25) is 9.59 Å². The molecule has 1 atom stereocenters. The number of piperidine rings is 1. The van der Waals surface area contributed by atoms with Crippen LogP contribution >= 0.6 is 0 Å². The van der Waals surface area contributed by atoms with Gasteiger partial charge < -0.3 is 14.7 Å². The lowest BCUT2D eigenvalue weighted by atomic mass is 9.76. The fraction of sp³-hybridized carbons (Fsp3) is 0.529. The largest absolute Gasteiger partial charge is 0.497 e. The number of rotatable bonds is 5. The molecule has 1 fully saturated rings. The molecule has 1 heterocycles. The molecule has 0 aliphatic carbocycles. The second-order valence-electron chi connectivity index (χ2n) is 6.13. The molecule has 1 N–H and O–H groups in total. The number of aliphatic carboxylic acids is 1. The Morgan fingerprint density at radius 3 is 2.46 bits per heavy atom. The summed E-state index contributed by atoms with van der Waals surface area (Å²) in [5.74, 6) is -3.85. The normalized spacial score (nSPS) is 20.8. The molecule has 1 saturated heterocycles. The van der Waals surface area contributed by atoms with Gasteiger partial charge in [-0.1, -0.05) is 13.3 Å². The summed E-state index contributed by atoms with van der Waals surface area (Å²) in [6.45, 7) is 2.11. The molecule has 7 heteroatoms. The van der Waals surface area contributed by atoms with Crippen molar-refractivity contribution in [2.75, 3.05) is 20.2 Å². The number of carboxylic acids is 1. The average Bonchev–Trinajstić information content (AvgIpc) is 2.54. The summed E-state index contributed by atoms with van der Waals surface area (Å²) in [5.41, 5.74) is -1.73. The first-order chi connectivity index (χ1) is 11.3. The fourth-order valence-electron chi connectivity index (χ4n) is 3.30. The zero-order chi connectivity index (χ0) is 17.9. The second-order valence-corrected chi connectivity index (χ2v) is 6.13. The number of carboxylic acid groups (broad SMARTS) is 1. The van der Waals surface area contributed by atoms with Crippen LogP contribution in [0.15, 0.2) is 12.1 Å². The van der Waals surface area contributed by atoms with E-state index in [-0.39, 0.29) is 18.8 Å². The number of hydrogen-bond acceptors (Lipinski definition) is 3. The Hall–Kier alpha value is -2.18. The topological polar surface area (TPSA) is 66.8 Å². The van der Waals surface area contributed by atoms with Gasteiger partial charge in [0.05, 0.1) is 12.5 Å². The number of halogens is 2. The maximum atomic E-state index is 14.1. The molecule has 1 aromatic carbocycles. The molecule has 0 radical (unpaired) electrons. The van der Waals surface area contributed by atoms with Crippen LogP contribution in [0.1, 0.15) is 43.0 Å². The molecular weight excluding hydrogens is 320 g/mol. The third-order valence-electron chi connectivity index (χ3n) is 4.51. The van der Waals surface area contributed by atoms with Crippen LogP contribution in [0.2, 0.25) is 0 Å². The van der Waals surface area contributed by atoms with Crippen molar-refractivity contribution in [1.82, 2.24) is 4.90 Å². The number of likely N-dealkylation sites (tertiary alicyclic amines) is 1. The van der Waals surface area contributed by atoms with Crippen LogP contribution in [-0.4, -0.2) is 42.1 Å². The number of nitrogens with zero attached hydrogens (tertiary/aromatic N) is 1. The Bertz CT molecular complexity index is 622. The van der Waals surface area contributed by atoms with E-state index in [4.69, 9.17) is 4.74 Å². The van der Waals surface area contributed by atoms with Crippen molar-refractivity contribution in [3.05, 3.63) is 29.3 Å². The summed E-state index contributed by atoms with van der Waals surface area (Å²) < 4.78 is 33.0. The zero-order valence-corrected chi connectivity index (χ0v) is 13.8. The van der Waals surface area contributed by atoms with E-state index >= 15 is 0 Å². The van der Waals surface area contributed by atoms with E-state index in [9.17, 15) is 23.5 Å². The second kappa shape index (κ2) is 7.15. The highest BCUT2D eigenvalue weighted by Crippen LogP contribution is 2.36. The Labute approximate surface area is 139 Å². The van der Waals surface area contributed by atoms with Gasteiger partial charge in [0.25, 0.3) is 5.91 Å². The van der Waals surface area contributed by atoms with Crippen LogP contribution in [0.25, 0.3) is 0 Å². The first-order valence-electron chi connectivity index (χ1n) is 7.90. The predicted octanol–water partition coefficient (Wildman–Crippen LogP) is 3.08. The highest BCUT2D eigenvalue weighted by Gasteiger charge is 2.43. The first-order valence-corrected chi connectivity index (χ1v) is 7.90. The van der Waals surface area contributed by atoms with E-state index in [0.29, 0.717) is 25.7 Å². The minimum Gasteiger partial charge on any atom is -0.497 e. The quantitative estimate of drug-likeness (QED) is 0.894. The van der Waals surface area contributed by atoms with Gasteiger partial charge in [-0.2, -0.15) is 0 Å². The maximum Gasteiger partial charge on any atom is 0.311 e. The van der Waals surface area contributed by atoms with Crippen LogP contribution in [0.3, 0.4) is 0 Å². The number of carbonyl (C=O) groups is 2. The number of methoxy groups -OCH3 is 1. The molecule has 1 aromatic rings. The van der Waals surface area contributed by atoms with E-state index < -0.39 is 34.5 Å². The van der Waals surface area contributed by atoms with Crippen molar-refractivity contribution in [2.24, 2.45) is 5.41 Å². The molecule has 132 valence electrons. The van der Waals surface area contributed by atoms with E-state index in [1.165, 1.54) is 12.0 Å². The standard InChI is InChI=1S/C17H21F2NO4/c1-3-5-17(16(22)23)6-4-7-20(10-17)15(21)14-12(18)8-11(24-2)9-13(14)19/h8-9H,3-7,10H2,1-2H3,(H,22,23). The Kier molecular flexibility index (Phi) is 5.41. The van der Waals surface area contributed by atoms with E-state index in [1.54, 1.807) is 0 Å². The Morgan fingerprint density at radius 1 is 1.33 bits per heavy atom. The van der Waals surface area contributed by atoms with Crippen molar-refractivity contribution < 1.29 is 28.2 Å². The molecule has 0 spiro atoms. The lowest BCUT2D eigenvalue weighted by molar-refractivity contribution is -0.152. The summed E-state index contributed by atoms with van der Waals surface area (Å²) in [5, 5.41) is 9.56. The van der Waals surface area contributed by atoms with Crippen LogP contribution in [0, 0.1) is 17.0 Å². The molecule has 1 unspecified atom stereocenters. The number of benzene rings is 1. The maximum absolute atomic E-state index is 14.1. The third-order valence-corrected chi connectivity index (χ3v) is 4.51. The summed E-state index contributed by atoms with van der Waals surface area (Å²) in [6, 6.07) is 1.88. The molecule has 24 heavy (non-hydrogen) atoms. The molecule has 1 amide bonds. The van der Waals surface area contributed by atoms with Gasteiger partial charge in [0.15, 0.2) is 0 Å². The highest BCUT2D eigenvalue weighted by molar-refractivity contribution is 5.95. The van der Waals surface area contributed by atoms with Crippen molar-refractivity contribution in [3.8, 4) is 5.75 Å². The third kappa shape index (κ3) is 3.34. The SMILES string of the molecule is CCCC1(C(=O)O)CCCN(C(=O)c2c(F)cc(OC)cc2F)C1. The van der Waals surface area contributed by atoms with Crippen LogP contribution in [0.4, 0.5) is 8.78 Å². The van der Waals surface area contributed by atoms with Crippen LogP contribution < -0.4 is 4.74 Å². The number of ether oxygens (including phenoxy) is 1. The lowest BCUT2D eigenvalue weighted by Gasteiger charge is -2.40. The van der Waals surface area contributed by atoms with Gasteiger partial charge in [0, 0.05) is 25.2 Å². The van der Waals surface area contributed by atoms with E-state index in [2.05, 4.69) is 0 Å². The summed E-state index contributed by atoms with van der Waals surface area (Å²) >= 11 is 0. The predicted molar refractivity (Wildman–Crippen MR) is 83.0 cm³/mol. The van der Waals surface area contributed by atoms with Crippen molar-refractivity contribution in [1.29, 1.82) is 0 Å². The first kappa shape index (κ1) is 18.2. The van der Waals surface area contributed by atoms with Crippen LogP contribution in [-0.2, 0) is 4.79 Å². The summed E-state index contributed by atoms with van der Waals surface area (Å²) in [7, 11) is 1.27. The molecular formula is C17H21F2NO4. The minimum atomic E-state index is -1.05. The smallest absolute Gasteiger partial charge is 0.311 e. The fourth-order valence-corrected chi connectivity index (χ4v) is 3.30. The molecule has 0 aromatic heterocycles. The average molecular weight is 341 g/mol. The summed E-state index contributed by atoms with van der Waals surface area (Å²) in [4.78, 5) is 25.5. The van der Waals surface area contributed by atoms with Gasteiger partial charge in [0.2, 0.25) is 0 Å². The molecule has 0 bridgehead atoms. The van der Waals surface area contributed by atoms with Crippen molar-refractivity contribution >= 4 is 11.9 Å². The molecule has 1 aliphatic rings. The Balaban J connectivity index is 2.31.